The highest BCUT2D eigenvalue weighted by Gasteiger charge is 1.99. The largest absolute Gasteiger partial charge is 0.479 e. The van der Waals surface area contributed by atoms with E-state index in [1.807, 2.05) is 0 Å². The molecule has 0 saturated heterocycles. The van der Waals surface area contributed by atoms with E-state index in [1.54, 1.807) is 12.1 Å². The zero-order valence-corrected chi connectivity index (χ0v) is 9.85. The van der Waals surface area contributed by atoms with Gasteiger partial charge in [-0.25, -0.2) is 4.98 Å². The first kappa shape index (κ1) is 10.5. The summed E-state index contributed by atoms with van der Waals surface area (Å²) >= 11 is 2.10. The molecular weight excluding hydrogens is 299 g/mol. The Morgan fingerprint density at radius 1 is 1.62 bits per heavy atom. The van der Waals surface area contributed by atoms with Crippen LogP contribution in [0.5, 0.6) is 5.88 Å². The van der Waals surface area contributed by atoms with Crippen molar-refractivity contribution in [2.24, 2.45) is 0 Å². The molecule has 0 bridgehead atoms. The maximum Gasteiger partial charge on any atom is 0.238 e. The second-order valence-electron chi connectivity index (χ2n) is 2.10. The Bertz CT molecular complexity index is 359. The summed E-state index contributed by atoms with van der Waals surface area (Å²) in [6, 6.07) is 3.49. The maximum absolute atomic E-state index is 5.59. The monoisotopic (exact) mass is 306 g/mol. The van der Waals surface area contributed by atoms with Crippen LogP contribution in [0, 0.1) is 11.2 Å². The molecule has 0 saturated carbocycles. The summed E-state index contributed by atoms with van der Waals surface area (Å²) in [7, 11) is 2.94. The fourth-order valence-corrected chi connectivity index (χ4v) is 1.23. The van der Waals surface area contributed by atoms with E-state index >= 15 is 0 Å². The third-order valence-corrected chi connectivity index (χ3v) is 2.14. The van der Waals surface area contributed by atoms with Crippen LogP contribution in [0.15, 0.2) is 12.1 Å². The number of nitrogen functional groups attached to an aromatic ring is 1. The third-order valence-electron chi connectivity index (χ3n) is 1.30. The Morgan fingerprint density at radius 3 is 3.00 bits per heavy atom. The van der Waals surface area contributed by atoms with Gasteiger partial charge in [-0.05, 0) is 32.2 Å². The molecule has 1 rings (SSSR count). The summed E-state index contributed by atoms with van der Waals surface area (Å²) in [5.41, 5.74) is 6.77. The van der Waals surface area contributed by atoms with Crippen molar-refractivity contribution in [1.82, 2.24) is 4.98 Å². The van der Waals surface area contributed by atoms with E-state index in [0.29, 0.717) is 17.3 Å². The zero-order chi connectivity index (χ0) is 9.68. The van der Waals surface area contributed by atoms with Crippen LogP contribution in [0.1, 0.15) is 5.69 Å². The van der Waals surface area contributed by atoms with Gasteiger partial charge in [0.05, 0.1) is 12.8 Å². The number of hydrogen-bond donors (Lipinski definition) is 1. The normalized spacial score (nSPS) is 8.77. The molecule has 0 aromatic carbocycles. The Labute approximate surface area is 93.0 Å². The van der Waals surface area contributed by atoms with Crippen molar-refractivity contribution in [2.45, 2.75) is 0 Å². The summed E-state index contributed by atoms with van der Waals surface area (Å²) in [6.07, 6.45) is 0. The minimum Gasteiger partial charge on any atom is -0.479 e. The van der Waals surface area contributed by atoms with E-state index in [-0.39, 0.29) is 0 Å². The average molecular weight is 306 g/mol. The summed E-state index contributed by atoms with van der Waals surface area (Å²) in [5, 5.41) is 2.83. The molecule has 1 aromatic rings. The smallest absolute Gasteiger partial charge is 0.238 e. The Morgan fingerprint density at radius 2 is 2.38 bits per heavy atom. The van der Waals surface area contributed by atoms with Gasteiger partial charge >= 0.3 is 0 Å². The van der Waals surface area contributed by atoms with E-state index in [4.69, 9.17) is 10.5 Å². The molecule has 2 N–H and O–H groups in total. The van der Waals surface area contributed by atoms with Gasteiger partial charge in [0.25, 0.3) is 0 Å². The highest BCUT2D eigenvalue weighted by atomic mass is 127. The van der Waals surface area contributed by atoms with Crippen LogP contribution < -0.4 is 10.5 Å². The van der Waals surface area contributed by atoms with Crippen LogP contribution in [-0.4, -0.2) is 12.1 Å². The topological polar surface area (TPSA) is 48.1 Å². The number of ether oxygens (including phenoxy) is 1. The van der Waals surface area contributed by atoms with Gasteiger partial charge in [-0.15, -0.1) is 0 Å². The number of aromatic nitrogens is 1. The number of methoxy groups -OCH3 is 1. The Balaban J connectivity index is 2.99. The number of hydrogen-bond acceptors (Lipinski definition) is 4. The van der Waals surface area contributed by atoms with Crippen LogP contribution in [0.25, 0.3) is 0 Å². The molecule has 0 unspecified atom stereocenters. The first-order chi connectivity index (χ1) is 6.27. The van der Waals surface area contributed by atoms with E-state index in [1.165, 1.54) is 16.0 Å². The molecule has 0 fully saturated rings. The number of nitrogens with two attached hydrogens (primary N) is 1. The van der Waals surface area contributed by atoms with Gasteiger partial charge < -0.3 is 10.5 Å². The van der Waals surface area contributed by atoms with Crippen LogP contribution >= 0.6 is 30.1 Å². The van der Waals surface area contributed by atoms with E-state index < -0.39 is 0 Å². The van der Waals surface area contributed by atoms with E-state index in [9.17, 15) is 0 Å². The number of anilines is 1. The van der Waals surface area contributed by atoms with Gasteiger partial charge in [0, 0.05) is 21.2 Å². The lowest BCUT2D eigenvalue weighted by atomic mass is 10.3. The number of pyridine rings is 1. The Kier molecular flexibility index (Phi) is 4.18. The lowest BCUT2D eigenvalue weighted by molar-refractivity contribution is 0.400. The number of halogens is 1. The minimum atomic E-state index is 0.422. The molecule has 0 spiro atoms. The first-order valence-electron chi connectivity index (χ1n) is 3.37. The molecule has 0 radical (unpaired) electrons. The first-order valence-corrected chi connectivity index (χ1v) is 6.73. The molecule has 0 aliphatic carbocycles. The van der Waals surface area contributed by atoms with Gasteiger partial charge in [-0.2, -0.15) is 0 Å². The standard InChI is InChI=1S/C8H7IN2OS/c1-12-8-7(10)3-2-6(11-8)4-5-13-9/h2-3H,10H2,1H3. The van der Waals surface area contributed by atoms with Crippen molar-refractivity contribution < 1.29 is 4.74 Å². The van der Waals surface area contributed by atoms with Crippen LogP contribution in [-0.2, 0) is 0 Å². The quantitative estimate of drug-likeness (QED) is 0.637. The van der Waals surface area contributed by atoms with Gasteiger partial charge in [-0.3, -0.25) is 0 Å². The second kappa shape index (κ2) is 5.19. The fourth-order valence-electron chi connectivity index (χ4n) is 0.756. The van der Waals surface area contributed by atoms with Gasteiger partial charge in [0.2, 0.25) is 5.88 Å². The number of rotatable bonds is 1. The minimum absolute atomic E-state index is 0.422. The van der Waals surface area contributed by atoms with Crippen molar-refractivity contribution in [3.05, 3.63) is 17.8 Å². The van der Waals surface area contributed by atoms with Crippen molar-refractivity contribution in [3.8, 4) is 17.1 Å². The fraction of sp³-hybridized carbons (Fsp3) is 0.125. The molecule has 3 nitrogen and oxygen atoms in total. The van der Waals surface area contributed by atoms with Crippen molar-refractivity contribution in [1.29, 1.82) is 0 Å². The zero-order valence-electron chi connectivity index (χ0n) is 6.87. The molecule has 5 heteroatoms. The lowest BCUT2D eigenvalue weighted by Crippen LogP contribution is -1.96. The predicted octanol–water partition coefficient (Wildman–Crippen LogP) is 2.06. The highest BCUT2D eigenvalue weighted by molar-refractivity contribution is 14.2. The predicted molar refractivity (Wildman–Crippen MR) is 63.7 cm³/mol. The van der Waals surface area contributed by atoms with Gasteiger partial charge in [-0.1, -0.05) is 0 Å². The van der Waals surface area contributed by atoms with E-state index in [2.05, 4.69) is 37.4 Å². The average Bonchev–Trinajstić information content (AvgIpc) is 2.16. The van der Waals surface area contributed by atoms with Gasteiger partial charge in [0.1, 0.15) is 5.69 Å². The lowest BCUT2D eigenvalue weighted by Gasteiger charge is -2.01. The molecule has 1 aromatic heterocycles. The maximum atomic E-state index is 5.59. The third kappa shape index (κ3) is 2.97. The molecule has 13 heavy (non-hydrogen) atoms. The van der Waals surface area contributed by atoms with Crippen LogP contribution in [0.2, 0.25) is 0 Å². The van der Waals surface area contributed by atoms with E-state index in [0.717, 1.165) is 0 Å². The second-order valence-corrected chi connectivity index (χ2v) is 3.78. The molecule has 0 atom stereocenters. The van der Waals surface area contributed by atoms with Crippen LogP contribution in [0.3, 0.4) is 0 Å². The SMILES string of the molecule is COc1nc(C#CSI)ccc1N. The molecule has 1 heterocycles. The van der Waals surface area contributed by atoms with Crippen LogP contribution in [0.4, 0.5) is 5.69 Å². The summed E-state index contributed by atoms with van der Waals surface area (Å²) in [5.74, 6) is 3.28. The van der Waals surface area contributed by atoms with Crippen molar-refractivity contribution in [3.63, 3.8) is 0 Å². The molecule has 68 valence electrons. The highest BCUT2D eigenvalue weighted by Crippen LogP contribution is 2.17. The number of nitrogens with zero attached hydrogens (tertiary/aromatic N) is 1. The molecular formula is C8H7IN2OS. The molecule has 0 aliphatic heterocycles. The summed E-state index contributed by atoms with van der Waals surface area (Å²) in [6.45, 7) is 0. The Hall–Kier alpha value is -0.610. The van der Waals surface area contributed by atoms with Crippen molar-refractivity contribution >= 4 is 35.8 Å². The summed E-state index contributed by atoms with van der Waals surface area (Å²) in [4.78, 5) is 4.09. The molecule has 0 amide bonds. The van der Waals surface area contributed by atoms with Gasteiger partial charge in [0.15, 0.2) is 0 Å². The summed E-state index contributed by atoms with van der Waals surface area (Å²) < 4.78 is 4.95. The molecule has 0 aliphatic rings. The van der Waals surface area contributed by atoms with Crippen molar-refractivity contribution in [2.75, 3.05) is 12.8 Å².